The van der Waals surface area contributed by atoms with Gasteiger partial charge in [0.25, 0.3) is 0 Å². The Balaban J connectivity index is 1.48. The van der Waals surface area contributed by atoms with Crippen LogP contribution in [0.4, 0.5) is 10.5 Å². The van der Waals surface area contributed by atoms with Gasteiger partial charge in [0.05, 0.1) is 16.4 Å². The number of fused-ring (bicyclic) bond motifs is 1. The van der Waals surface area contributed by atoms with Crippen LogP contribution in [0.25, 0.3) is 22.2 Å². The number of aryl methyl sites for hydroxylation is 1. The number of hydrogen-bond donors (Lipinski definition) is 4. The number of para-hydroxylation sites is 2. The van der Waals surface area contributed by atoms with Crippen molar-refractivity contribution in [3.63, 3.8) is 0 Å². The van der Waals surface area contributed by atoms with Crippen LogP contribution in [-0.2, 0) is 6.54 Å². The summed E-state index contributed by atoms with van der Waals surface area (Å²) in [5.74, 6) is 0. The third-order valence-corrected chi connectivity index (χ3v) is 4.89. The maximum Gasteiger partial charge on any atom is 0.333 e. The normalized spacial score (nSPS) is 10.8. The molecule has 2 amide bonds. The van der Waals surface area contributed by atoms with Crippen molar-refractivity contribution in [1.29, 1.82) is 0 Å². The van der Waals surface area contributed by atoms with Gasteiger partial charge < -0.3 is 10.3 Å². The number of aromatic nitrogens is 2. The van der Waals surface area contributed by atoms with E-state index in [2.05, 4.69) is 27.2 Å². The smallest absolute Gasteiger partial charge is 0.333 e. The van der Waals surface area contributed by atoms with Crippen LogP contribution in [0.3, 0.4) is 0 Å². The molecule has 0 aliphatic rings. The molecule has 2 aromatic heterocycles. The first-order chi connectivity index (χ1) is 14.1. The minimum Gasteiger partial charge on any atom is -0.360 e. The first-order valence-corrected chi connectivity index (χ1v) is 9.57. The monoisotopic (exact) mass is 405 g/mol. The zero-order valence-electron chi connectivity index (χ0n) is 15.8. The lowest BCUT2D eigenvalue weighted by Crippen LogP contribution is -2.40. The molecule has 4 rings (SSSR count). The van der Waals surface area contributed by atoms with Crippen molar-refractivity contribution in [2.75, 3.05) is 5.32 Å². The van der Waals surface area contributed by atoms with Crippen LogP contribution >= 0.6 is 11.6 Å². The summed E-state index contributed by atoms with van der Waals surface area (Å²) >= 11 is 6.06. The minimum absolute atomic E-state index is 0.396. The molecule has 6 nitrogen and oxygen atoms in total. The van der Waals surface area contributed by atoms with Crippen molar-refractivity contribution in [3.05, 3.63) is 83.1 Å². The number of amides is 2. The van der Waals surface area contributed by atoms with Gasteiger partial charge in [-0.3, -0.25) is 10.4 Å². The molecule has 0 saturated carbocycles. The maximum absolute atomic E-state index is 12.1. The van der Waals surface area contributed by atoms with E-state index < -0.39 is 6.03 Å². The van der Waals surface area contributed by atoms with Crippen LogP contribution in [0.15, 0.2) is 66.9 Å². The second-order valence-electron chi connectivity index (χ2n) is 6.62. The van der Waals surface area contributed by atoms with Crippen LogP contribution in [0.2, 0.25) is 5.02 Å². The van der Waals surface area contributed by atoms with Gasteiger partial charge in [-0.1, -0.05) is 48.0 Å². The Bertz CT molecular complexity index is 1170. The van der Waals surface area contributed by atoms with E-state index in [1.54, 1.807) is 24.3 Å². The van der Waals surface area contributed by atoms with E-state index in [0.29, 0.717) is 17.3 Å². The molecule has 2 aromatic carbocycles. The summed E-state index contributed by atoms with van der Waals surface area (Å²) in [6.45, 7) is 2.38. The predicted molar refractivity (Wildman–Crippen MR) is 117 cm³/mol. The van der Waals surface area contributed by atoms with Crippen molar-refractivity contribution >= 4 is 34.2 Å². The molecule has 0 aliphatic heterocycles. The number of rotatable bonds is 5. The second kappa shape index (κ2) is 8.34. The summed E-state index contributed by atoms with van der Waals surface area (Å²) in [6, 6.07) is 18.7. The van der Waals surface area contributed by atoms with Gasteiger partial charge in [-0.25, -0.2) is 10.2 Å². The van der Waals surface area contributed by atoms with Crippen molar-refractivity contribution in [1.82, 2.24) is 20.8 Å². The second-order valence-corrected chi connectivity index (χ2v) is 7.03. The van der Waals surface area contributed by atoms with Gasteiger partial charge >= 0.3 is 6.03 Å². The predicted octanol–water partition coefficient (Wildman–Crippen LogP) is 5.02. The van der Waals surface area contributed by atoms with E-state index in [1.165, 1.54) is 0 Å². The first kappa shape index (κ1) is 19.0. The molecule has 29 heavy (non-hydrogen) atoms. The molecular formula is C22H20ClN5O. The van der Waals surface area contributed by atoms with Gasteiger partial charge in [0.2, 0.25) is 0 Å². The number of halogens is 1. The number of anilines is 1. The van der Waals surface area contributed by atoms with E-state index in [-0.39, 0.29) is 0 Å². The molecule has 4 N–H and O–H groups in total. The number of carbonyl (C=O) groups is 1. The molecule has 2 heterocycles. The standard InChI is InChI=1S/C22H20ClN5O/c1-14-10-11-15(12-25-28-22(29)27-20-9-5-3-7-18(20)23)21(26-14)17-13-24-19-8-4-2-6-16(17)19/h2-11,13,24-25H,12H2,1H3,(H2,27,28,29). The van der Waals surface area contributed by atoms with Crippen LogP contribution in [0.5, 0.6) is 0 Å². The van der Waals surface area contributed by atoms with E-state index in [1.807, 2.05) is 43.5 Å². The van der Waals surface area contributed by atoms with Crippen molar-refractivity contribution < 1.29 is 4.79 Å². The van der Waals surface area contributed by atoms with Gasteiger partial charge in [0.15, 0.2) is 0 Å². The van der Waals surface area contributed by atoms with Gasteiger partial charge in [-0.2, -0.15) is 0 Å². The summed E-state index contributed by atoms with van der Waals surface area (Å²) in [6.07, 6.45) is 1.97. The van der Waals surface area contributed by atoms with Gasteiger partial charge in [-0.15, -0.1) is 0 Å². The summed E-state index contributed by atoms with van der Waals surface area (Å²) in [4.78, 5) is 20.2. The Morgan fingerprint density at radius 2 is 1.86 bits per heavy atom. The highest BCUT2D eigenvalue weighted by Gasteiger charge is 2.12. The van der Waals surface area contributed by atoms with E-state index in [4.69, 9.17) is 16.6 Å². The highest BCUT2D eigenvalue weighted by atomic mass is 35.5. The Hall–Kier alpha value is -3.35. The zero-order valence-corrected chi connectivity index (χ0v) is 16.5. The highest BCUT2D eigenvalue weighted by molar-refractivity contribution is 6.33. The molecule has 0 saturated heterocycles. The van der Waals surface area contributed by atoms with E-state index in [9.17, 15) is 4.79 Å². The topological polar surface area (TPSA) is 81.8 Å². The van der Waals surface area contributed by atoms with Crippen LogP contribution in [-0.4, -0.2) is 16.0 Å². The van der Waals surface area contributed by atoms with Gasteiger partial charge in [-0.05, 0) is 36.8 Å². The van der Waals surface area contributed by atoms with E-state index in [0.717, 1.165) is 33.4 Å². The summed E-state index contributed by atoms with van der Waals surface area (Å²) in [5.41, 5.74) is 11.0. The summed E-state index contributed by atoms with van der Waals surface area (Å²) in [7, 11) is 0. The third kappa shape index (κ3) is 4.23. The van der Waals surface area contributed by atoms with Gasteiger partial charge in [0, 0.05) is 34.9 Å². The molecule has 0 aliphatic carbocycles. The zero-order chi connectivity index (χ0) is 20.2. The number of hydrogen-bond acceptors (Lipinski definition) is 3. The number of nitrogens with zero attached hydrogens (tertiary/aromatic N) is 1. The quantitative estimate of drug-likeness (QED) is 0.352. The molecule has 0 spiro atoms. The number of aromatic amines is 1. The van der Waals surface area contributed by atoms with Gasteiger partial charge in [0.1, 0.15) is 0 Å². The highest BCUT2D eigenvalue weighted by Crippen LogP contribution is 2.29. The molecule has 0 bridgehead atoms. The number of benzene rings is 2. The fraction of sp³-hybridized carbons (Fsp3) is 0.0909. The Labute approximate surface area is 173 Å². The fourth-order valence-corrected chi connectivity index (χ4v) is 3.35. The Morgan fingerprint density at radius 1 is 1.07 bits per heavy atom. The lowest BCUT2D eigenvalue weighted by atomic mass is 10.0. The molecule has 7 heteroatoms. The molecule has 0 fully saturated rings. The van der Waals surface area contributed by atoms with Crippen molar-refractivity contribution in [2.45, 2.75) is 13.5 Å². The molecule has 0 atom stereocenters. The van der Waals surface area contributed by atoms with Crippen LogP contribution in [0.1, 0.15) is 11.3 Å². The molecule has 0 radical (unpaired) electrons. The SMILES string of the molecule is Cc1ccc(CNNC(=O)Nc2ccccc2Cl)c(-c2c[nH]c3ccccc23)n1. The molecule has 0 unspecified atom stereocenters. The number of H-pyrrole nitrogens is 1. The number of urea groups is 1. The number of carbonyl (C=O) groups excluding carboxylic acids is 1. The lowest BCUT2D eigenvalue weighted by molar-refractivity contribution is 0.248. The number of nitrogens with one attached hydrogen (secondary N) is 4. The maximum atomic E-state index is 12.1. The Morgan fingerprint density at radius 3 is 2.72 bits per heavy atom. The van der Waals surface area contributed by atoms with Crippen LogP contribution in [0, 0.1) is 6.92 Å². The van der Waals surface area contributed by atoms with E-state index >= 15 is 0 Å². The summed E-state index contributed by atoms with van der Waals surface area (Å²) in [5, 5.41) is 4.29. The average molecular weight is 406 g/mol. The number of pyridine rings is 1. The summed E-state index contributed by atoms with van der Waals surface area (Å²) < 4.78 is 0. The molecule has 4 aromatic rings. The first-order valence-electron chi connectivity index (χ1n) is 9.19. The third-order valence-electron chi connectivity index (χ3n) is 4.57. The Kier molecular flexibility index (Phi) is 5.46. The average Bonchev–Trinajstić information content (AvgIpc) is 3.15. The van der Waals surface area contributed by atoms with Crippen LogP contribution < -0.4 is 16.2 Å². The largest absolute Gasteiger partial charge is 0.360 e. The lowest BCUT2D eigenvalue weighted by Gasteiger charge is -2.12. The minimum atomic E-state index is -0.396. The molecule has 146 valence electrons. The van der Waals surface area contributed by atoms with Crippen molar-refractivity contribution in [2.24, 2.45) is 0 Å². The van der Waals surface area contributed by atoms with Crippen molar-refractivity contribution in [3.8, 4) is 11.3 Å². The fourth-order valence-electron chi connectivity index (χ4n) is 3.16. The molecular weight excluding hydrogens is 386 g/mol. The number of hydrazine groups is 1.